The third kappa shape index (κ3) is 2.17. The summed E-state index contributed by atoms with van der Waals surface area (Å²) in [5, 5.41) is 9.15. The monoisotopic (exact) mass is 205 g/mol. The Bertz CT molecular complexity index is 337. The quantitative estimate of drug-likeness (QED) is 0.806. The number of nitrogens with zero attached hydrogens (tertiary/aromatic N) is 1. The van der Waals surface area contributed by atoms with E-state index in [4.69, 9.17) is 5.11 Å². The fourth-order valence-corrected chi connectivity index (χ4v) is 2.42. The van der Waals surface area contributed by atoms with E-state index >= 15 is 0 Å². The van der Waals surface area contributed by atoms with Gasteiger partial charge in [0.05, 0.1) is 5.92 Å². The van der Waals surface area contributed by atoms with E-state index in [0.717, 1.165) is 31.2 Å². The Labute approximate surface area is 89.2 Å². The molecule has 80 valence electrons. The van der Waals surface area contributed by atoms with Crippen LogP contribution >= 0.6 is 0 Å². The van der Waals surface area contributed by atoms with Crippen LogP contribution in [-0.2, 0) is 4.79 Å². The molecule has 0 spiro atoms. The number of hydrogen-bond donors (Lipinski definition) is 1. The third-order valence-electron chi connectivity index (χ3n) is 3.20. The molecule has 0 amide bonds. The van der Waals surface area contributed by atoms with Gasteiger partial charge in [0, 0.05) is 12.4 Å². The summed E-state index contributed by atoms with van der Waals surface area (Å²) < 4.78 is 0. The molecule has 2 rings (SSSR count). The Hall–Kier alpha value is -1.38. The van der Waals surface area contributed by atoms with Crippen molar-refractivity contribution in [3.05, 3.63) is 30.1 Å². The van der Waals surface area contributed by atoms with Crippen LogP contribution < -0.4 is 0 Å². The molecule has 0 saturated heterocycles. The minimum absolute atomic E-state index is 0.157. The van der Waals surface area contributed by atoms with Crippen LogP contribution in [0.15, 0.2) is 24.5 Å². The van der Waals surface area contributed by atoms with Crippen molar-refractivity contribution in [3.63, 3.8) is 0 Å². The predicted octanol–water partition coefficient (Wildman–Crippen LogP) is 2.44. The first kappa shape index (κ1) is 10.1. The Kier molecular flexibility index (Phi) is 2.99. The van der Waals surface area contributed by atoms with Gasteiger partial charge in [0.1, 0.15) is 0 Å². The number of carboxylic acids is 1. The molecule has 0 aliphatic heterocycles. The molecule has 1 aliphatic rings. The van der Waals surface area contributed by atoms with Crippen molar-refractivity contribution in [3.8, 4) is 0 Å². The maximum Gasteiger partial charge on any atom is 0.307 e. The minimum Gasteiger partial charge on any atom is -0.481 e. The molecule has 0 radical (unpaired) electrons. The molecule has 1 heterocycles. The van der Waals surface area contributed by atoms with Gasteiger partial charge in [0.25, 0.3) is 0 Å². The second kappa shape index (κ2) is 4.43. The summed E-state index contributed by atoms with van der Waals surface area (Å²) in [5.41, 5.74) is 1.07. The molecule has 0 bridgehead atoms. The summed E-state index contributed by atoms with van der Waals surface area (Å²) in [6.45, 7) is 0. The molecule has 1 fully saturated rings. The Balaban J connectivity index is 2.22. The van der Waals surface area contributed by atoms with E-state index in [2.05, 4.69) is 4.98 Å². The van der Waals surface area contributed by atoms with Gasteiger partial charge in [-0.1, -0.05) is 18.9 Å². The lowest BCUT2D eigenvalue weighted by molar-refractivity contribution is -0.143. The number of aliphatic carboxylic acids is 1. The summed E-state index contributed by atoms with van der Waals surface area (Å²) in [6.07, 6.45) is 7.46. The largest absolute Gasteiger partial charge is 0.481 e. The molecule has 1 aromatic heterocycles. The van der Waals surface area contributed by atoms with Crippen LogP contribution in [0.25, 0.3) is 0 Å². The van der Waals surface area contributed by atoms with E-state index in [0.29, 0.717) is 0 Å². The fourth-order valence-electron chi connectivity index (χ4n) is 2.42. The number of carboxylic acid groups (broad SMARTS) is 1. The molecule has 1 saturated carbocycles. The van der Waals surface area contributed by atoms with Crippen molar-refractivity contribution >= 4 is 5.97 Å². The SMILES string of the molecule is O=C(O)C1CCCCC1c1cccnc1. The molecule has 15 heavy (non-hydrogen) atoms. The zero-order chi connectivity index (χ0) is 10.7. The molecule has 1 aromatic rings. The smallest absolute Gasteiger partial charge is 0.307 e. The van der Waals surface area contributed by atoms with Crippen LogP contribution in [0, 0.1) is 5.92 Å². The van der Waals surface area contributed by atoms with Crippen LogP contribution in [-0.4, -0.2) is 16.1 Å². The lowest BCUT2D eigenvalue weighted by atomic mass is 9.76. The van der Waals surface area contributed by atoms with Crippen molar-refractivity contribution < 1.29 is 9.90 Å². The average Bonchev–Trinajstić information content (AvgIpc) is 2.30. The summed E-state index contributed by atoms with van der Waals surface area (Å²) in [6, 6.07) is 3.86. The van der Waals surface area contributed by atoms with Gasteiger partial charge in [0.15, 0.2) is 0 Å². The molecule has 0 aromatic carbocycles. The van der Waals surface area contributed by atoms with Gasteiger partial charge >= 0.3 is 5.97 Å². The van der Waals surface area contributed by atoms with Crippen molar-refractivity contribution in [1.82, 2.24) is 4.98 Å². The number of rotatable bonds is 2. The van der Waals surface area contributed by atoms with Crippen molar-refractivity contribution in [2.75, 3.05) is 0 Å². The summed E-state index contributed by atoms with van der Waals surface area (Å²) in [4.78, 5) is 15.2. The normalized spacial score (nSPS) is 26.1. The highest BCUT2D eigenvalue weighted by molar-refractivity contribution is 5.71. The molecule has 2 atom stereocenters. The van der Waals surface area contributed by atoms with Crippen molar-refractivity contribution in [2.24, 2.45) is 5.92 Å². The topological polar surface area (TPSA) is 50.2 Å². The van der Waals surface area contributed by atoms with Gasteiger partial charge in [-0.25, -0.2) is 0 Å². The zero-order valence-corrected chi connectivity index (χ0v) is 8.60. The molecular formula is C12H15NO2. The highest BCUT2D eigenvalue weighted by atomic mass is 16.4. The molecule has 3 nitrogen and oxygen atoms in total. The maximum atomic E-state index is 11.1. The van der Waals surface area contributed by atoms with Gasteiger partial charge < -0.3 is 5.11 Å². The molecule has 1 N–H and O–H groups in total. The average molecular weight is 205 g/mol. The first-order valence-electron chi connectivity index (χ1n) is 5.42. The zero-order valence-electron chi connectivity index (χ0n) is 8.60. The van der Waals surface area contributed by atoms with Gasteiger partial charge in [-0.05, 0) is 30.4 Å². The minimum atomic E-state index is -0.663. The first-order chi connectivity index (χ1) is 7.29. The highest BCUT2D eigenvalue weighted by Crippen LogP contribution is 2.37. The van der Waals surface area contributed by atoms with Gasteiger partial charge in [-0.2, -0.15) is 0 Å². The Morgan fingerprint density at radius 2 is 2.20 bits per heavy atom. The number of pyridine rings is 1. The van der Waals surface area contributed by atoms with E-state index in [9.17, 15) is 4.79 Å². The van der Waals surface area contributed by atoms with Gasteiger partial charge in [-0.15, -0.1) is 0 Å². The van der Waals surface area contributed by atoms with E-state index < -0.39 is 5.97 Å². The molecule has 2 unspecified atom stereocenters. The molecule has 1 aliphatic carbocycles. The van der Waals surface area contributed by atoms with Crippen LogP contribution in [0.2, 0.25) is 0 Å². The van der Waals surface area contributed by atoms with E-state index in [1.165, 1.54) is 0 Å². The third-order valence-corrected chi connectivity index (χ3v) is 3.20. The summed E-state index contributed by atoms with van der Waals surface area (Å²) in [5.74, 6) is -0.726. The second-order valence-corrected chi connectivity index (χ2v) is 4.12. The Morgan fingerprint density at radius 3 is 2.87 bits per heavy atom. The van der Waals surface area contributed by atoms with E-state index in [1.807, 2.05) is 12.1 Å². The van der Waals surface area contributed by atoms with Crippen molar-refractivity contribution in [1.29, 1.82) is 0 Å². The summed E-state index contributed by atoms with van der Waals surface area (Å²) in [7, 11) is 0. The Morgan fingerprint density at radius 1 is 1.40 bits per heavy atom. The van der Waals surface area contributed by atoms with Crippen LogP contribution in [0.5, 0.6) is 0 Å². The number of aromatic nitrogens is 1. The molecule has 3 heteroatoms. The van der Waals surface area contributed by atoms with E-state index in [1.54, 1.807) is 12.4 Å². The highest BCUT2D eigenvalue weighted by Gasteiger charge is 2.31. The van der Waals surface area contributed by atoms with Crippen molar-refractivity contribution in [2.45, 2.75) is 31.6 Å². The number of hydrogen-bond acceptors (Lipinski definition) is 2. The predicted molar refractivity (Wildman–Crippen MR) is 56.6 cm³/mol. The van der Waals surface area contributed by atoms with E-state index in [-0.39, 0.29) is 11.8 Å². The van der Waals surface area contributed by atoms with Crippen LogP contribution in [0.4, 0.5) is 0 Å². The molecular weight excluding hydrogens is 190 g/mol. The second-order valence-electron chi connectivity index (χ2n) is 4.12. The van der Waals surface area contributed by atoms with Crippen LogP contribution in [0.3, 0.4) is 0 Å². The lowest BCUT2D eigenvalue weighted by Crippen LogP contribution is -2.25. The van der Waals surface area contributed by atoms with Gasteiger partial charge in [-0.3, -0.25) is 9.78 Å². The standard InChI is InChI=1S/C12H15NO2/c14-12(15)11-6-2-1-5-10(11)9-4-3-7-13-8-9/h3-4,7-8,10-11H,1-2,5-6H2,(H,14,15). The first-order valence-corrected chi connectivity index (χ1v) is 5.42. The van der Waals surface area contributed by atoms with Gasteiger partial charge in [0.2, 0.25) is 0 Å². The fraction of sp³-hybridized carbons (Fsp3) is 0.500. The van der Waals surface area contributed by atoms with Crippen LogP contribution in [0.1, 0.15) is 37.2 Å². The maximum absolute atomic E-state index is 11.1. The summed E-state index contributed by atoms with van der Waals surface area (Å²) >= 11 is 0. The number of carbonyl (C=O) groups is 1. The lowest BCUT2D eigenvalue weighted by Gasteiger charge is -2.28.